The smallest absolute Gasteiger partial charge is 0.191 e. The minimum Gasteiger partial charge on any atom is -0.370 e. The summed E-state index contributed by atoms with van der Waals surface area (Å²) in [6, 6.07) is 8.12. The van der Waals surface area contributed by atoms with Crippen molar-refractivity contribution in [2.24, 2.45) is 21.5 Å². The zero-order valence-electron chi connectivity index (χ0n) is 13.1. The van der Waals surface area contributed by atoms with Crippen LogP contribution in [0.25, 0.3) is 0 Å². The van der Waals surface area contributed by atoms with Gasteiger partial charge in [-0.2, -0.15) is 0 Å². The first-order valence-corrected chi connectivity index (χ1v) is 6.42. The third-order valence-electron chi connectivity index (χ3n) is 2.79. The van der Waals surface area contributed by atoms with Crippen LogP contribution in [0.2, 0.25) is 0 Å². The lowest BCUT2D eigenvalue weighted by Crippen LogP contribution is -2.30. The van der Waals surface area contributed by atoms with Crippen LogP contribution in [0.3, 0.4) is 0 Å². The van der Waals surface area contributed by atoms with Gasteiger partial charge >= 0.3 is 0 Å². The molecule has 0 aromatic heterocycles. The Morgan fingerprint density at radius 1 is 0.810 bits per heavy atom. The highest BCUT2D eigenvalue weighted by atomic mass is 127. The molecule has 0 aliphatic heterocycles. The fraction of sp³-hybridized carbons (Fsp3) is 0.429. The van der Waals surface area contributed by atoms with Crippen molar-refractivity contribution in [1.82, 2.24) is 9.80 Å². The van der Waals surface area contributed by atoms with Gasteiger partial charge in [0, 0.05) is 28.2 Å². The van der Waals surface area contributed by atoms with Gasteiger partial charge in [0.25, 0.3) is 0 Å². The van der Waals surface area contributed by atoms with Gasteiger partial charge in [0.2, 0.25) is 0 Å². The number of hydrogen-bond acceptors (Lipinski definition) is 2. The molecule has 0 unspecified atom stereocenters. The highest BCUT2D eigenvalue weighted by Gasteiger charge is 1.98. The lowest BCUT2D eigenvalue weighted by atomic mass is 10.1. The third-order valence-corrected chi connectivity index (χ3v) is 2.79. The molecule has 0 bridgehead atoms. The molecule has 21 heavy (non-hydrogen) atoms. The number of hydrogen-bond donors (Lipinski definition) is 2. The van der Waals surface area contributed by atoms with Crippen molar-refractivity contribution in [1.29, 1.82) is 0 Å². The molecule has 0 aliphatic carbocycles. The van der Waals surface area contributed by atoms with Crippen LogP contribution in [-0.2, 0) is 13.1 Å². The molecule has 1 aromatic carbocycles. The van der Waals surface area contributed by atoms with Crippen LogP contribution in [0.5, 0.6) is 0 Å². The van der Waals surface area contributed by atoms with Gasteiger partial charge in [-0.3, -0.25) is 0 Å². The summed E-state index contributed by atoms with van der Waals surface area (Å²) in [6.45, 7) is 1.15. The number of halogens is 1. The Hall–Kier alpha value is -1.51. The van der Waals surface area contributed by atoms with Gasteiger partial charge in [0.05, 0.1) is 13.1 Å². The zero-order chi connectivity index (χ0) is 15.1. The first kappa shape index (κ1) is 19.5. The second-order valence-electron chi connectivity index (χ2n) is 4.95. The Balaban J connectivity index is 0.00000400. The van der Waals surface area contributed by atoms with E-state index in [0.29, 0.717) is 25.0 Å². The molecule has 0 fully saturated rings. The maximum atomic E-state index is 5.74. The molecule has 0 spiro atoms. The van der Waals surface area contributed by atoms with Crippen LogP contribution >= 0.6 is 24.0 Å². The van der Waals surface area contributed by atoms with Crippen molar-refractivity contribution in [3.8, 4) is 0 Å². The van der Waals surface area contributed by atoms with E-state index in [2.05, 4.69) is 9.98 Å². The SMILES string of the molecule is CN(C)C(N)=NCc1ccc(CN=C(N)N(C)C)cc1.I. The van der Waals surface area contributed by atoms with Crippen LogP contribution < -0.4 is 11.5 Å². The summed E-state index contributed by atoms with van der Waals surface area (Å²) in [5, 5.41) is 0. The van der Waals surface area contributed by atoms with Crippen molar-refractivity contribution in [3.63, 3.8) is 0 Å². The summed E-state index contributed by atoms with van der Waals surface area (Å²) in [5.74, 6) is 1.05. The normalized spacial score (nSPS) is 11.8. The van der Waals surface area contributed by atoms with E-state index in [-0.39, 0.29) is 24.0 Å². The molecule has 0 radical (unpaired) electrons. The van der Waals surface area contributed by atoms with Gasteiger partial charge in [-0.15, -0.1) is 24.0 Å². The number of rotatable bonds is 4. The highest BCUT2D eigenvalue weighted by Crippen LogP contribution is 2.07. The van der Waals surface area contributed by atoms with Crippen molar-refractivity contribution in [3.05, 3.63) is 35.4 Å². The lowest BCUT2D eigenvalue weighted by Gasteiger charge is -2.11. The molecule has 6 nitrogen and oxygen atoms in total. The third kappa shape index (κ3) is 7.16. The van der Waals surface area contributed by atoms with Crippen molar-refractivity contribution >= 4 is 35.9 Å². The minimum atomic E-state index is 0. The van der Waals surface area contributed by atoms with Gasteiger partial charge < -0.3 is 21.3 Å². The predicted molar refractivity (Wildman–Crippen MR) is 99.9 cm³/mol. The average Bonchev–Trinajstić information content (AvgIpc) is 2.42. The molecule has 0 saturated heterocycles. The van der Waals surface area contributed by atoms with E-state index in [9.17, 15) is 0 Å². The van der Waals surface area contributed by atoms with Crippen LogP contribution in [0.4, 0.5) is 0 Å². The van der Waals surface area contributed by atoms with E-state index in [1.54, 1.807) is 9.80 Å². The zero-order valence-corrected chi connectivity index (χ0v) is 15.4. The Labute approximate surface area is 143 Å². The van der Waals surface area contributed by atoms with Crippen LogP contribution in [0.15, 0.2) is 34.3 Å². The fourth-order valence-corrected chi connectivity index (χ4v) is 1.38. The van der Waals surface area contributed by atoms with E-state index in [1.165, 1.54) is 0 Å². The van der Waals surface area contributed by atoms with E-state index in [1.807, 2.05) is 52.5 Å². The van der Waals surface area contributed by atoms with E-state index in [0.717, 1.165) is 11.1 Å². The average molecular weight is 404 g/mol. The van der Waals surface area contributed by atoms with Gasteiger partial charge in [0.15, 0.2) is 11.9 Å². The molecule has 4 N–H and O–H groups in total. The van der Waals surface area contributed by atoms with Crippen LogP contribution in [0.1, 0.15) is 11.1 Å². The number of nitrogens with two attached hydrogens (primary N) is 2. The largest absolute Gasteiger partial charge is 0.370 e. The summed E-state index contributed by atoms with van der Waals surface area (Å²) >= 11 is 0. The molecular formula is C14H25IN6. The van der Waals surface area contributed by atoms with Crippen LogP contribution in [-0.4, -0.2) is 49.9 Å². The van der Waals surface area contributed by atoms with E-state index >= 15 is 0 Å². The fourth-order valence-electron chi connectivity index (χ4n) is 1.38. The van der Waals surface area contributed by atoms with Gasteiger partial charge in [-0.25, -0.2) is 9.98 Å². The molecular weight excluding hydrogens is 379 g/mol. The standard InChI is InChI=1S/C14H24N6.HI/c1-19(2)13(15)17-9-11-5-7-12(8-6-11)10-18-14(16)20(3)4;/h5-8H,9-10H2,1-4H3,(H2,15,17)(H2,16,18);1H. The Morgan fingerprint density at radius 3 is 1.33 bits per heavy atom. The molecule has 0 aliphatic rings. The number of aliphatic imine (C=N–C) groups is 2. The quantitative estimate of drug-likeness (QED) is 0.447. The van der Waals surface area contributed by atoms with Crippen molar-refractivity contribution < 1.29 is 0 Å². The van der Waals surface area contributed by atoms with E-state index < -0.39 is 0 Å². The second-order valence-corrected chi connectivity index (χ2v) is 4.95. The summed E-state index contributed by atoms with van der Waals surface area (Å²) in [7, 11) is 7.48. The van der Waals surface area contributed by atoms with Gasteiger partial charge in [-0.1, -0.05) is 24.3 Å². The maximum absolute atomic E-state index is 5.74. The first-order chi connectivity index (χ1) is 9.40. The number of nitrogens with zero attached hydrogens (tertiary/aromatic N) is 4. The molecule has 1 aromatic rings. The molecule has 0 atom stereocenters. The number of guanidine groups is 2. The maximum Gasteiger partial charge on any atom is 0.191 e. The summed E-state index contributed by atoms with van der Waals surface area (Å²) in [4.78, 5) is 12.1. The summed E-state index contributed by atoms with van der Waals surface area (Å²) in [6.07, 6.45) is 0. The Bertz CT molecular complexity index is 434. The highest BCUT2D eigenvalue weighted by molar-refractivity contribution is 14.0. The summed E-state index contributed by atoms with van der Waals surface area (Å²) < 4.78 is 0. The Morgan fingerprint density at radius 2 is 1.10 bits per heavy atom. The second kappa shape index (κ2) is 9.43. The number of benzene rings is 1. The molecule has 7 heteroatoms. The van der Waals surface area contributed by atoms with Gasteiger partial charge in [0.1, 0.15) is 0 Å². The lowest BCUT2D eigenvalue weighted by molar-refractivity contribution is 0.609. The van der Waals surface area contributed by atoms with Gasteiger partial charge in [-0.05, 0) is 11.1 Å². The molecule has 118 valence electrons. The minimum absolute atomic E-state index is 0. The summed E-state index contributed by atoms with van der Waals surface area (Å²) in [5.41, 5.74) is 13.7. The topological polar surface area (TPSA) is 83.2 Å². The first-order valence-electron chi connectivity index (χ1n) is 6.42. The predicted octanol–water partition coefficient (Wildman–Crippen LogP) is 1.06. The van der Waals surface area contributed by atoms with E-state index in [4.69, 9.17) is 11.5 Å². The molecule has 0 amide bonds. The van der Waals surface area contributed by atoms with Crippen molar-refractivity contribution in [2.45, 2.75) is 13.1 Å². The monoisotopic (exact) mass is 404 g/mol. The Kier molecular flexibility index (Phi) is 8.75. The molecule has 0 heterocycles. The van der Waals surface area contributed by atoms with Crippen LogP contribution in [0, 0.1) is 0 Å². The molecule has 0 saturated carbocycles. The van der Waals surface area contributed by atoms with Crippen molar-refractivity contribution in [2.75, 3.05) is 28.2 Å². The molecule has 1 rings (SSSR count).